The minimum atomic E-state index is -0.356. The van der Waals surface area contributed by atoms with Crippen LogP contribution in [0.1, 0.15) is 18.1 Å². The average Bonchev–Trinajstić information content (AvgIpc) is 2.53. The summed E-state index contributed by atoms with van der Waals surface area (Å²) in [4.78, 5) is 2.11. The second-order valence-corrected chi connectivity index (χ2v) is 4.64. The molecule has 108 valence electrons. The minimum Gasteiger partial charge on any atom is -0.494 e. The summed E-state index contributed by atoms with van der Waals surface area (Å²) >= 11 is 0. The molecule has 2 aromatic carbocycles. The molecular weight excluding hydrogens is 267 g/mol. The molecule has 0 aliphatic carbocycles. The molecule has 21 heavy (non-hydrogen) atoms. The van der Waals surface area contributed by atoms with Gasteiger partial charge in [-0.1, -0.05) is 6.07 Å². The van der Waals surface area contributed by atoms with Gasteiger partial charge in [-0.2, -0.15) is 5.26 Å². The molecule has 0 saturated carbocycles. The third kappa shape index (κ3) is 3.51. The summed E-state index contributed by atoms with van der Waals surface area (Å²) in [6, 6.07) is 14.5. The van der Waals surface area contributed by atoms with E-state index in [1.165, 1.54) is 13.2 Å². The zero-order chi connectivity index (χ0) is 15.2. The molecule has 0 fully saturated rings. The van der Waals surface area contributed by atoms with Gasteiger partial charge in [0, 0.05) is 18.8 Å². The van der Waals surface area contributed by atoms with E-state index in [0.29, 0.717) is 12.1 Å². The molecule has 0 aliphatic rings. The van der Waals surface area contributed by atoms with Gasteiger partial charge >= 0.3 is 0 Å². The molecule has 0 spiro atoms. The highest BCUT2D eigenvalue weighted by molar-refractivity contribution is 5.50. The van der Waals surface area contributed by atoms with E-state index in [1.54, 1.807) is 18.2 Å². The molecule has 2 aromatic rings. The van der Waals surface area contributed by atoms with Gasteiger partial charge in [-0.3, -0.25) is 0 Å². The number of hydrogen-bond acceptors (Lipinski definition) is 3. The highest BCUT2D eigenvalue weighted by Crippen LogP contribution is 2.21. The van der Waals surface area contributed by atoms with Crippen molar-refractivity contribution in [1.82, 2.24) is 0 Å². The van der Waals surface area contributed by atoms with Crippen molar-refractivity contribution in [2.75, 3.05) is 18.6 Å². The lowest BCUT2D eigenvalue weighted by molar-refractivity contribution is 0.386. The second kappa shape index (κ2) is 6.76. The topological polar surface area (TPSA) is 36.3 Å². The van der Waals surface area contributed by atoms with Crippen LogP contribution in [0.15, 0.2) is 42.5 Å². The van der Waals surface area contributed by atoms with Crippen LogP contribution in [0.5, 0.6) is 5.75 Å². The molecule has 0 amide bonds. The van der Waals surface area contributed by atoms with Crippen LogP contribution in [0.25, 0.3) is 0 Å². The van der Waals surface area contributed by atoms with E-state index in [0.717, 1.165) is 17.8 Å². The maximum Gasteiger partial charge on any atom is 0.165 e. The molecule has 0 radical (unpaired) electrons. The molecule has 0 atom stereocenters. The maximum absolute atomic E-state index is 13.7. The summed E-state index contributed by atoms with van der Waals surface area (Å²) in [6.07, 6.45) is 0. The molecule has 0 bridgehead atoms. The molecule has 0 N–H and O–H groups in total. The van der Waals surface area contributed by atoms with Crippen molar-refractivity contribution < 1.29 is 9.13 Å². The first-order chi connectivity index (χ1) is 10.2. The average molecular weight is 284 g/mol. The molecule has 0 saturated heterocycles. The van der Waals surface area contributed by atoms with Gasteiger partial charge in [0.2, 0.25) is 0 Å². The summed E-state index contributed by atoms with van der Waals surface area (Å²) in [6.45, 7) is 3.43. The Labute approximate surface area is 124 Å². The zero-order valence-electron chi connectivity index (χ0n) is 12.1. The Hall–Kier alpha value is -2.54. The first-order valence-corrected chi connectivity index (χ1v) is 6.75. The van der Waals surface area contributed by atoms with Crippen molar-refractivity contribution in [3.05, 3.63) is 59.4 Å². The van der Waals surface area contributed by atoms with Crippen molar-refractivity contribution >= 4 is 5.69 Å². The Bertz CT molecular complexity index is 647. The lowest BCUT2D eigenvalue weighted by Crippen LogP contribution is -2.22. The molecule has 2 rings (SSSR count). The van der Waals surface area contributed by atoms with Gasteiger partial charge in [-0.15, -0.1) is 0 Å². The number of nitriles is 1. The Kier molecular flexibility index (Phi) is 4.78. The smallest absolute Gasteiger partial charge is 0.165 e. The Morgan fingerprint density at radius 1 is 1.19 bits per heavy atom. The van der Waals surface area contributed by atoms with Crippen LogP contribution in [0.2, 0.25) is 0 Å². The predicted octanol–water partition coefficient (Wildman–Crippen LogP) is 3.73. The molecule has 4 heteroatoms. The van der Waals surface area contributed by atoms with E-state index >= 15 is 0 Å². The monoisotopic (exact) mass is 284 g/mol. The van der Waals surface area contributed by atoms with Gasteiger partial charge in [0.1, 0.15) is 0 Å². The number of rotatable bonds is 5. The van der Waals surface area contributed by atoms with Crippen LogP contribution in [0.4, 0.5) is 10.1 Å². The number of ether oxygens (including phenoxy) is 1. The number of benzene rings is 2. The van der Waals surface area contributed by atoms with Crippen molar-refractivity contribution in [1.29, 1.82) is 5.26 Å². The Morgan fingerprint density at radius 2 is 1.90 bits per heavy atom. The second-order valence-electron chi connectivity index (χ2n) is 4.64. The van der Waals surface area contributed by atoms with Crippen molar-refractivity contribution in [2.24, 2.45) is 0 Å². The van der Waals surface area contributed by atoms with E-state index in [9.17, 15) is 4.39 Å². The summed E-state index contributed by atoms with van der Waals surface area (Å²) in [5, 5.41) is 8.82. The van der Waals surface area contributed by atoms with E-state index in [2.05, 4.69) is 11.0 Å². The number of methoxy groups -OCH3 is 1. The molecule has 0 aromatic heterocycles. The van der Waals surface area contributed by atoms with Gasteiger partial charge in [0.25, 0.3) is 0 Å². The summed E-state index contributed by atoms with van der Waals surface area (Å²) in [5.74, 6) is -0.106. The Morgan fingerprint density at radius 3 is 2.43 bits per heavy atom. The summed E-state index contributed by atoms with van der Waals surface area (Å²) in [5.41, 5.74) is 2.51. The van der Waals surface area contributed by atoms with E-state index in [1.807, 2.05) is 25.1 Å². The number of nitrogens with zero attached hydrogens (tertiary/aromatic N) is 2. The third-order valence-electron chi connectivity index (χ3n) is 3.33. The molecule has 0 unspecified atom stereocenters. The van der Waals surface area contributed by atoms with Gasteiger partial charge in [-0.05, 0) is 48.9 Å². The van der Waals surface area contributed by atoms with Crippen LogP contribution >= 0.6 is 0 Å². The van der Waals surface area contributed by atoms with Crippen LogP contribution in [0.3, 0.4) is 0 Å². The predicted molar refractivity (Wildman–Crippen MR) is 80.8 cm³/mol. The van der Waals surface area contributed by atoms with Crippen molar-refractivity contribution in [3.63, 3.8) is 0 Å². The summed E-state index contributed by atoms with van der Waals surface area (Å²) in [7, 11) is 1.45. The van der Waals surface area contributed by atoms with Crippen LogP contribution in [-0.4, -0.2) is 13.7 Å². The van der Waals surface area contributed by atoms with Gasteiger partial charge in [0.05, 0.1) is 18.7 Å². The Balaban J connectivity index is 2.18. The molecule has 0 heterocycles. The van der Waals surface area contributed by atoms with Crippen LogP contribution < -0.4 is 9.64 Å². The molecule has 0 aliphatic heterocycles. The van der Waals surface area contributed by atoms with Gasteiger partial charge in [0.15, 0.2) is 11.6 Å². The normalized spacial score (nSPS) is 10.0. The SMILES string of the molecule is CCN(Cc1ccc(OC)c(F)c1)c1ccc(C#N)cc1. The lowest BCUT2D eigenvalue weighted by atomic mass is 10.1. The first kappa shape index (κ1) is 14.9. The number of halogens is 1. The lowest BCUT2D eigenvalue weighted by Gasteiger charge is -2.23. The number of anilines is 1. The first-order valence-electron chi connectivity index (χ1n) is 6.75. The van der Waals surface area contributed by atoms with Gasteiger partial charge < -0.3 is 9.64 Å². The maximum atomic E-state index is 13.7. The largest absolute Gasteiger partial charge is 0.494 e. The van der Waals surface area contributed by atoms with Gasteiger partial charge in [-0.25, -0.2) is 4.39 Å². The standard InChI is InChI=1S/C17H17FN2O/c1-3-20(15-7-4-13(11-19)5-8-15)12-14-6-9-17(21-2)16(18)10-14/h4-10H,3,12H2,1-2H3. The summed E-state index contributed by atoms with van der Waals surface area (Å²) < 4.78 is 18.6. The fourth-order valence-electron chi connectivity index (χ4n) is 2.16. The fraction of sp³-hybridized carbons (Fsp3) is 0.235. The highest BCUT2D eigenvalue weighted by Gasteiger charge is 2.08. The van der Waals surface area contributed by atoms with Crippen LogP contribution in [-0.2, 0) is 6.54 Å². The highest BCUT2D eigenvalue weighted by atomic mass is 19.1. The zero-order valence-corrected chi connectivity index (χ0v) is 12.1. The van der Waals surface area contributed by atoms with Crippen molar-refractivity contribution in [3.8, 4) is 11.8 Å². The van der Waals surface area contributed by atoms with E-state index in [4.69, 9.17) is 10.00 Å². The van der Waals surface area contributed by atoms with E-state index in [-0.39, 0.29) is 11.6 Å². The number of hydrogen-bond donors (Lipinski definition) is 0. The quantitative estimate of drug-likeness (QED) is 0.839. The van der Waals surface area contributed by atoms with Crippen molar-refractivity contribution in [2.45, 2.75) is 13.5 Å². The fourth-order valence-corrected chi connectivity index (χ4v) is 2.16. The molecule has 3 nitrogen and oxygen atoms in total. The van der Waals surface area contributed by atoms with Crippen LogP contribution in [0, 0.1) is 17.1 Å². The van der Waals surface area contributed by atoms with E-state index < -0.39 is 0 Å². The molecular formula is C17H17FN2O. The third-order valence-corrected chi connectivity index (χ3v) is 3.33. The minimum absolute atomic E-state index is 0.250.